The van der Waals surface area contributed by atoms with Crippen LogP contribution < -0.4 is 21.5 Å². The highest BCUT2D eigenvalue weighted by molar-refractivity contribution is 7.80. The van der Waals surface area contributed by atoms with Crippen molar-refractivity contribution in [3.63, 3.8) is 0 Å². The SMILES string of the molecule is C[C@@H]1[C@H](C)CCC[C@H]1NC(=S)NNC(=S)NCCCN1CCOCC1. The van der Waals surface area contributed by atoms with Gasteiger partial charge in [0.25, 0.3) is 0 Å². The second kappa shape index (κ2) is 11.1. The van der Waals surface area contributed by atoms with Gasteiger partial charge in [0.15, 0.2) is 10.2 Å². The summed E-state index contributed by atoms with van der Waals surface area (Å²) in [7, 11) is 0. The quantitative estimate of drug-likeness (QED) is 0.321. The minimum absolute atomic E-state index is 0.445. The Labute approximate surface area is 162 Å². The lowest BCUT2D eigenvalue weighted by Gasteiger charge is -2.35. The molecule has 144 valence electrons. The fraction of sp³-hybridized carbons (Fsp3) is 0.882. The first-order chi connectivity index (χ1) is 12.1. The van der Waals surface area contributed by atoms with Crippen LogP contribution in [0.1, 0.15) is 39.5 Å². The average Bonchev–Trinajstić information content (AvgIpc) is 2.62. The molecule has 0 unspecified atom stereocenters. The average molecular weight is 388 g/mol. The van der Waals surface area contributed by atoms with Crippen LogP contribution in [0.4, 0.5) is 0 Å². The molecule has 1 saturated heterocycles. The summed E-state index contributed by atoms with van der Waals surface area (Å²) >= 11 is 10.7. The summed E-state index contributed by atoms with van der Waals surface area (Å²) in [4.78, 5) is 2.42. The van der Waals surface area contributed by atoms with E-state index in [1.165, 1.54) is 19.3 Å². The standard InChI is InChI=1S/C17H33N5OS2/c1-13-5-3-6-15(14(13)2)19-17(25)21-20-16(24)18-7-4-8-22-9-11-23-12-10-22/h13-15H,3-12H2,1-2H3,(H2,18,20,24)(H2,19,21,25)/t13-,14-,15-/m1/s1. The molecule has 0 bridgehead atoms. The van der Waals surface area contributed by atoms with Crippen molar-refractivity contribution in [3.8, 4) is 0 Å². The van der Waals surface area contributed by atoms with Gasteiger partial charge >= 0.3 is 0 Å². The lowest BCUT2D eigenvalue weighted by atomic mass is 9.78. The normalized spacial score (nSPS) is 27.4. The molecule has 25 heavy (non-hydrogen) atoms. The molecule has 2 rings (SSSR count). The molecule has 0 spiro atoms. The lowest BCUT2D eigenvalue weighted by Crippen LogP contribution is -2.54. The maximum Gasteiger partial charge on any atom is 0.185 e. The van der Waals surface area contributed by atoms with Crippen molar-refractivity contribution in [3.05, 3.63) is 0 Å². The van der Waals surface area contributed by atoms with E-state index in [1.54, 1.807) is 0 Å². The zero-order valence-corrected chi connectivity index (χ0v) is 17.1. The molecule has 1 heterocycles. The van der Waals surface area contributed by atoms with Gasteiger partial charge in [0.05, 0.1) is 13.2 Å². The van der Waals surface area contributed by atoms with Crippen LogP contribution in [0, 0.1) is 11.8 Å². The molecule has 8 heteroatoms. The number of hydrogen-bond donors (Lipinski definition) is 4. The summed E-state index contributed by atoms with van der Waals surface area (Å²) in [5.74, 6) is 1.38. The van der Waals surface area contributed by atoms with Crippen molar-refractivity contribution >= 4 is 34.7 Å². The number of nitrogens with zero attached hydrogens (tertiary/aromatic N) is 1. The van der Waals surface area contributed by atoms with Crippen molar-refractivity contribution in [1.29, 1.82) is 0 Å². The summed E-state index contributed by atoms with van der Waals surface area (Å²) < 4.78 is 5.35. The highest BCUT2D eigenvalue weighted by atomic mass is 32.1. The molecule has 3 atom stereocenters. The minimum atomic E-state index is 0.445. The van der Waals surface area contributed by atoms with Crippen molar-refractivity contribution in [2.45, 2.75) is 45.6 Å². The predicted molar refractivity (Wildman–Crippen MR) is 110 cm³/mol. The Hall–Kier alpha value is -0.700. The predicted octanol–water partition coefficient (Wildman–Crippen LogP) is 1.38. The molecule has 0 aromatic carbocycles. The smallest absolute Gasteiger partial charge is 0.185 e. The van der Waals surface area contributed by atoms with E-state index in [0.717, 1.165) is 51.7 Å². The maximum absolute atomic E-state index is 5.37. The lowest BCUT2D eigenvalue weighted by molar-refractivity contribution is 0.0376. The van der Waals surface area contributed by atoms with Gasteiger partial charge in [-0.2, -0.15) is 0 Å². The van der Waals surface area contributed by atoms with Crippen molar-refractivity contribution < 1.29 is 4.74 Å². The Morgan fingerprint density at radius 2 is 1.80 bits per heavy atom. The van der Waals surface area contributed by atoms with Crippen LogP contribution in [0.3, 0.4) is 0 Å². The third-order valence-corrected chi connectivity index (χ3v) is 5.82. The Morgan fingerprint density at radius 3 is 2.56 bits per heavy atom. The van der Waals surface area contributed by atoms with Crippen LogP contribution in [-0.4, -0.2) is 60.6 Å². The molecule has 6 nitrogen and oxygen atoms in total. The summed E-state index contributed by atoms with van der Waals surface area (Å²) in [6.45, 7) is 10.3. The number of ether oxygens (including phenoxy) is 1. The van der Waals surface area contributed by atoms with E-state index in [4.69, 9.17) is 29.2 Å². The number of hydrogen-bond acceptors (Lipinski definition) is 4. The Bertz CT molecular complexity index is 431. The van der Waals surface area contributed by atoms with Gasteiger partial charge in [0.1, 0.15) is 0 Å². The molecule has 0 aromatic heterocycles. The summed E-state index contributed by atoms with van der Waals surface area (Å²) in [6.07, 6.45) is 4.82. The zero-order valence-electron chi connectivity index (χ0n) is 15.5. The van der Waals surface area contributed by atoms with Crippen LogP contribution in [-0.2, 0) is 4.74 Å². The maximum atomic E-state index is 5.37. The van der Waals surface area contributed by atoms with Crippen molar-refractivity contribution in [1.82, 2.24) is 26.4 Å². The van der Waals surface area contributed by atoms with Gasteiger partial charge in [-0.25, -0.2) is 0 Å². The number of nitrogens with one attached hydrogen (secondary N) is 4. The first-order valence-electron chi connectivity index (χ1n) is 9.46. The van der Waals surface area contributed by atoms with E-state index < -0.39 is 0 Å². The Balaban J connectivity index is 1.52. The molecule has 4 N–H and O–H groups in total. The van der Waals surface area contributed by atoms with E-state index in [2.05, 4.69) is 40.2 Å². The monoisotopic (exact) mass is 387 g/mol. The molecule has 0 amide bonds. The van der Waals surface area contributed by atoms with Crippen LogP contribution in [0.25, 0.3) is 0 Å². The Kier molecular flexibility index (Phi) is 9.16. The van der Waals surface area contributed by atoms with Crippen LogP contribution >= 0.6 is 24.4 Å². The molecule has 2 aliphatic rings. The minimum Gasteiger partial charge on any atom is -0.379 e. The van der Waals surface area contributed by atoms with E-state index in [0.29, 0.717) is 22.2 Å². The second-order valence-electron chi connectivity index (χ2n) is 7.16. The highest BCUT2D eigenvalue weighted by Crippen LogP contribution is 2.29. The third-order valence-electron chi connectivity index (χ3n) is 5.35. The second-order valence-corrected chi connectivity index (χ2v) is 7.98. The van der Waals surface area contributed by atoms with Crippen LogP contribution in [0.2, 0.25) is 0 Å². The highest BCUT2D eigenvalue weighted by Gasteiger charge is 2.27. The van der Waals surface area contributed by atoms with Crippen LogP contribution in [0.15, 0.2) is 0 Å². The van der Waals surface area contributed by atoms with Gasteiger partial charge in [0.2, 0.25) is 0 Å². The molecular formula is C17H33N5OS2. The first-order valence-corrected chi connectivity index (χ1v) is 10.3. The zero-order chi connectivity index (χ0) is 18.1. The van der Waals surface area contributed by atoms with Crippen molar-refractivity contribution in [2.75, 3.05) is 39.4 Å². The fourth-order valence-corrected chi connectivity index (χ4v) is 3.83. The van der Waals surface area contributed by atoms with Gasteiger partial charge in [-0.05, 0) is 55.7 Å². The molecule has 0 aromatic rings. The summed E-state index contributed by atoms with van der Waals surface area (Å²) in [5, 5.41) is 7.82. The van der Waals surface area contributed by atoms with Gasteiger partial charge in [-0.15, -0.1) is 0 Å². The van der Waals surface area contributed by atoms with E-state index in [9.17, 15) is 0 Å². The fourth-order valence-electron chi connectivity index (χ4n) is 3.48. The molecule has 1 aliphatic heterocycles. The van der Waals surface area contributed by atoms with Crippen molar-refractivity contribution in [2.24, 2.45) is 11.8 Å². The summed E-state index contributed by atoms with van der Waals surface area (Å²) in [5.41, 5.74) is 5.96. The first kappa shape index (κ1) is 20.6. The summed E-state index contributed by atoms with van der Waals surface area (Å²) in [6, 6.07) is 0.445. The number of morpholine rings is 1. The number of rotatable bonds is 5. The van der Waals surface area contributed by atoms with E-state index in [1.807, 2.05) is 0 Å². The van der Waals surface area contributed by atoms with Crippen LogP contribution in [0.5, 0.6) is 0 Å². The molecule has 1 saturated carbocycles. The molecule has 1 aliphatic carbocycles. The van der Waals surface area contributed by atoms with E-state index >= 15 is 0 Å². The Morgan fingerprint density at radius 1 is 1.08 bits per heavy atom. The third kappa shape index (κ3) is 7.60. The van der Waals surface area contributed by atoms with Gasteiger partial charge in [-0.3, -0.25) is 15.8 Å². The number of thiocarbonyl (C=S) groups is 2. The molecular weight excluding hydrogens is 354 g/mol. The topological polar surface area (TPSA) is 60.6 Å². The molecule has 2 fully saturated rings. The molecule has 0 radical (unpaired) electrons. The number of hydrazine groups is 1. The van der Waals surface area contributed by atoms with Gasteiger partial charge < -0.3 is 15.4 Å². The van der Waals surface area contributed by atoms with Gasteiger partial charge in [-0.1, -0.05) is 26.7 Å². The largest absolute Gasteiger partial charge is 0.379 e. The van der Waals surface area contributed by atoms with Gasteiger partial charge in [0, 0.05) is 25.7 Å². The van der Waals surface area contributed by atoms with E-state index in [-0.39, 0.29) is 0 Å².